The van der Waals surface area contributed by atoms with Crippen LogP contribution in [0.1, 0.15) is 37.0 Å². The fourth-order valence-electron chi connectivity index (χ4n) is 1.04. The molecule has 0 unspecified atom stereocenters. The minimum Gasteiger partial charge on any atom is -0.475 e. The summed E-state index contributed by atoms with van der Waals surface area (Å²) in [5, 5.41) is 11.1. The van der Waals surface area contributed by atoms with Crippen LogP contribution in [0.5, 0.6) is 0 Å². The third-order valence-electron chi connectivity index (χ3n) is 1.73. The van der Waals surface area contributed by atoms with Gasteiger partial charge in [0, 0.05) is 24.5 Å². The molecule has 0 spiro atoms. The minimum absolute atomic E-state index is 0.175. The Morgan fingerprint density at radius 2 is 1.89 bits per heavy atom. The van der Waals surface area contributed by atoms with Crippen LogP contribution in [0.2, 0.25) is 0 Å². The number of hydrogen-bond donors (Lipinski definition) is 2. The predicted octanol–water partition coefficient (Wildman–Crippen LogP) is 1.20. The molecule has 0 aromatic carbocycles. The number of aromatic nitrogens is 2. The van der Waals surface area contributed by atoms with Gasteiger partial charge in [-0.1, -0.05) is 0 Å². The zero-order valence-corrected chi connectivity index (χ0v) is 10.4. The highest BCUT2D eigenvalue weighted by molar-refractivity contribution is 5.82. The number of nitrogens with one attached hydrogen (secondary N) is 1. The van der Waals surface area contributed by atoms with Gasteiger partial charge in [0.25, 0.3) is 0 Å². The molecule has 1 amide bonds. The molecule has 1 rings (SSSR count). The highest BCUT2D eigenvalue weighted by atomic mass is 16.6. The number of nitrogens with zero attached hydrogens (tertiary/aromatic N) is 2. The number of carbonyl (C=O) groups excluding carboxylic acids is 1. The largest absolute Gasteiger partial charge is 0.475 e. The molecule has 0 aliphatic rings. The van der Waals surface area contributed by atoms with Crippen LogP contribution in [-0.4, -0.2) is 32.7 Å². The summed E-state index contributed by atoms with van der Waals surface area (Å²) < 4.78 is 5.04. The molecule has 7 heteroatoms. The van der Waals surface area contributed by atoms with Crippen LogP contribution in [-0.2, 0) is 11.3 Å². The van der Waals surface area contributed by atoms with E-state index in [1.54, 1.807) is 20.8 Å². The molecule has 1 aromatic heterocycles. The standard InChI is InChI=1S/C11H15N3O4/c1-11(2,3)18-10(17)14-6-7-4-12-8(9(15)16)13-5-7/h4-5H,6H2,1-3H3,(H,14,17)(H,15,16). The molecule has 1 aromatic rings. The van der Waals surface area contributed by atoms with Crippen molar-refractivity contribution < 1.29 is 19.4 Å². The zero-order valence-electron chi connectivity index (χ0n) is 10.4. The summed E-state index contributed by atoms with van der Waals surface area (Å²) in [5.41, 5.74) is 0.0270. The fourth-order valence-corrected chi connectivity index (χ4v) is 1.04. The van der Waals surface area contributed by atoms with Gasteiger partial charge in [-0.05, 0) is 20.8 Å². The van der Waals surface area contributed by atoms with E-state index in [4.69, 9.17) is 9.84 Å². The number of alkyl carbamates (subject to hydrolysis) is 1. The number of aromatic carboxylic acids is 1. The van der Waals surface area contributed by atoms with Crippen molar-refractivity contribution in [1.29, 1.82) is 0 Å². The number of ether oxygens (including phenoxy) is 1. The monoisotopic (exact) mass is 253 g/mol. The lowest BCUT2D eigenvalue weighted by atomic mass is 10.2. The minimum atomic E-state index is -1.19. The molecule has 0 aliphatic carbocycles. The van der Waals surface area contributed by atoms with Gasteiger partial charge in [0.1, 0.15) is 5.60 Å². The fraction of sp³-hybridized carbons (Fsp3) is 0.455. The van der Waals surface area contributed by atoms with Crippen molar-refractivity contribution in [2.45, 2.75) is 32.9 Å². The Balaban J connectivity index is 2.49. The summed E-state index contributed by atoms with van der Waals surface area (Å²) in [6, 6.07) is 0. The van der Waals surface area contributed by atoms with Crippen LogP contribution in [0.4, 0.5) is 4.79 Å². The van der Waals surface area contributed by atoms with E-state index < -0.39 is 17.7 Å². The van der Waals surface area contributed by atoms with Gasteiger partial charge in [-0.25, -0.2) is 19.6 Å². The van der Waals surface area contributed by atoms with Crippen molar-refractivity contribution in [2.24, 2.45) is 0 Å². The van der Waals surface area contributed by atoms with Crippen molar-refractivity contribution in [3.63, 3.8) is 0 Å². The maximum absolute atomic E-state index is 11.3. The maximum Gasteiger partial charge on any atom is 0.407 e. The lowest BCUT2D eigenvalue weighted by Crippen LogP contribution is -2.32. The number of carboxylic acids is 1. The van der Waals surface area contributed by atoms with E-state index in [0.29, 0.717) is 5.56 Å². The number of rotatable bonds is 3. The first-order valence-electron chi connectivity index (χ1n) is 5.29. The van der Waals surface area contributed by atoms with Crippen LogP contribution in [0, 0.1) is 0 Å². The Hall–Kier alpha value is -2.18. The smallest absolute Gasteiger partial charge is 0.407 e. The average Bonchev–Trinajstić information content (AvgIpc) is 2.24. The molecule has 2 N–H and O–H groups in total. The summed E-state index contributed by atoms with van der Waals surface area (Å²) in [5.74, 6) is -1.47. The topological polar surface area (TPSA) is 101 Å². The highest BCUT2D eigenvalue weighted by Crippen LogP contribution is 2.06. The van der Waals surface area contributed by atoms with Crippen molar-refractivity contribution >= 4 is 12.1 Å². The van der Waals surface area contributed by atoms with Crippen molar-refractivity contribution in [1.82, 2.24) is 15.3 Å². The third-order valence-corrected chi connectivity index (χ3v) is 1.73. The molecule has 0 atom stereocenters. The van der Waals surface area contributed by atoms with E-state index in [-0.39, 0.29) is 12.4 Å². The van der Waals surface area contributed by atoms with Crippen molar-refractivity contribution in [2.75, 3.05) is 0 Å². The van der Waals surface area contributed by atoms with E-state index in [2.05, 4.69) is 15.3 Å². The molecule has 98 valence electrons. The SMILES string of the molecule is CC(C)(C)OC(=O)NCc1cnc(C(=O)O)nc1. The predicted molar refractivity (Wildman–Crippen MR) is 62.1 cm³/mol. The normalized spacial score (nSPS) is 10.8. The van der Waals surface area contributed by atoms with E-state index in [1.165, 1.54) is 12.4 Å². The van der Waals surface area contributed by atoms with Crippen LogP contribution in [0.25, 0.3) is 0 Å². The quantitative estimate of drug-likeness (QED) is 0.839. The summed E-state index contributed by atoms with van der Waals surface area (Å²) in [4.78, 5) is 29.1. The number of carbonyl (C=O) groups is 2. The van der Waals surface area contributed by atoms with Gasteiger partial charge in [-0.3, -0.25) is 0 Å². The second-order valence-corrected chi connectivity index (χ2v) is 4.58. The van der Waals surface area contributed by atoms with E-state index in [0.717, 1.165) is 0 Å². The van der Waals surface area contributed by atoms with E-state index in [1.807, 2.05) is 0 Å². The Bertz CT molecular complexity index is 437. The Labute approximate surface area is 104 Å². The number of carboxylic acid groups (broad SMARTS) is 1. The summed E-state index contributed by atoms with van der Waals surface area (Å²) in [6.07, 6.45) is 2.13. The zero-order chi connectivity index (χ0) is 13.8. The molecule has 1 heterocycles. The summed E-state index contributed by atoms with van der Waals surface area (Å²) in [7, 11) is 0. The van der Waals surface area contributed by atoms with Crippen molar-refractivity contribution in [3.05, 3.63) is 23.8 Å². The van der Waals surface area contributed by atoms with E-state index in [9.17, 15) is 9.59 Å². The number of hydrogen-bond acceptors (Lipinski definition) is 5. The van der Waals surface area contributed by atoms with Crippen LogP contribution < -0.4 is 5.32 Å². The molecule has 0 saturated heterocycles. The lowest BCUT2D eigenvalue weighted by molar-refractivity contribution is 0.0522. The summed E-state index contributed by atoms with van der Waals surface area (Å²) in [6.45, 7) is 5.46. The molecular formula is C11H15N3O4. The number of amides is 1. The van der Waals surface area contributed by atoms with Gasteiger partial charge in [0.05, 0.1) is 0 Å². The van der Waals surface area contributed by atoms with Gasteiger partial charge in [-0.15, -0.1) is 0 Å². The molecule has 18 heavy (non-hydrogen) atoms. The van der Waals surface area contributed by atoms with Crippen LogP contribution in [0.15, 0.2) is 12.4 Å². The Kier molecular flexibility index (Phi) is 4.19. The first-order valence-corrected chi connectivity index (χ1v) is 5.29. The molecule has 7 nitrogen and oxygen atoms in total. The highest BCUT2D eigenvalue weighted by Gasteiger charge is 2.15. The third kappa shape index (κ3) is 4.77. The van der Waals surface area contributed by atoms with Gasteiger partial charge in [0.2, 0.25) is 5.82 Å². The molecule has 0 saturated carbocycles. The van der Waals surface area contributed by atoms with E-state index >= 15 is 0 Å². The molecule has 0 fully saturated rings. The van der Waals surface area contributed by atoms with Gasteiger partial charge >= 0.3 is 12.1 Å². The lowest BCUT2D eigenvalue weighted by Gasteiger charge is -2.19. The second-order valence-electron chi connectivity index (χ2n) is 4.58. The Morgan fingerprint density at radius 3 is 2.33 bits per heavy atom. The second kappa shape index (κ2) is 5.44. The van der Waals surface area contributed by atoms with Crippen LogP contribution in [0.3, 0.4) is 0 Å². The first-order chi connectivity index (χ1) is 8.28. The first kappa shape index (κ1) is 13.9. The molecule has 0 bridgehead atoms. The van der Waals surface area contributed by atoms with Crippen molar-refractivity contribution in [3.8, 4) is 0 Å². The van der Waals surface area contributed by atoms with Gasteiger partial charge < -0.3 is 15.2 Å². The Morgan fingerprint density at radius 1 is 1.33 bits per heavy atom. The van der Waals surface area contributed by atoms with Gasteiger partial charge in [-0.2, -0.15) is 0 Å². The maximum atomic E-state index is 11.3. The molecular weight excluding hydrogens is 238 g/mol. The van der Waals surface area contributed by atoms with Crippen LogP contribution >= 0.6 is 0 Å². The average molecular weight is 253 g/mol. The molecule has 0 radical (unpaired) electrons. The molecule has 0 aliphatic heterocycles. The van der Waals surface area contributed by atoms with Gasteiger partial charge in [0.15, 0.2) is 0 Å². The summed E-state index contributed by atoms with van der Waals surface area (Å²) >= 11 is 0.